The molecule has 0 bridgehead atoms. The van der Waals surface area contributed by atoms with Gasteiger partial charge in [0, 0.05) is 43.7 Å². The van der Waals surface area contributed by atoms with Gasteiger partial charge in [-0.1, -0.05) is 20.8 Å². The Labute approximate surface area is 151 Å². The molecular weight excluding hydrogens is 320 g/mol. The maximum absolute atomic E-state index is 5.78. The van der Waals surface area contributed by atoms with Gasteiger partial charge < -0.3 is 15.4 Å². The Morgan fingerprint density at radius 1 is 1.29 bits per heavy atom. The minimum atomic E-state index is 0.282. The summed E-state index contributed by atoms with van der Waals surface area (Å²) in [6, 6.07) is 0. The number of guanidine groups is 1. The van der Waals surface area contributed by atoms with E-state index in [1.807, 2.05) is 13.1 Å². The third-order valence-electron chi connectivity index (χ3n) is 3.73. The Morgan fingerprint density at radius 2 is 2.08 bits per heavy atom. The smallest absolute Gasteiger partial charge is 0.191 e. The lowest BCUT2D eigenvalue weighted by Crippen LogP contribution is -2.38. The molecule has 0 aliphatic carbocycles. The Bertz CT molecular complexity index is 473. The number of hydrogen-bond acceptors (Lipinski definition) is 4. The molecule has 0 aromatic carbocycles. The molecule has 1 aromatic heterocycles. The van der Waals surface area contributed by atoms with Crippen molar-refractivity contribution in [3.05, 3.63) is 16.1 Å². The predicted octanol–water partition coefficient (Wildman–Crippen LogP) is 3.25. The van der Waals surface area contributed by atoms with Crippen molar-refractivity contribution in [3.8, 4) is 0 Å². The molecule has 5 nitrogen and oxygen atoms in total. The van der Waals surface area contributed by atoms with Crippen LogP contribution in [0.3, 0.4) is 0 Å². The Balaban J connectivity index is 2.41. The highest BCUT2D eigenvalue weighted by Crippen LogP contribution is 2.13. The lowest BCUT2D eigenvalue weighted by molar-refractivity contribution is 0.0266. The first kappa shape index (κ1) is 20.9. The molecule has 0 spiro atoms. The molecule has 1 atom stereocenters. The summed E-state index contributed by atoms with van der Waals surface area (Å²) < 4.78 is 5.78. The maximum atomic E-state index is 5.78. The van der Waals surface area contributed by atoms with Crippen LogP contribution in [0.2, 0.25) is 0 Å². The molecule has 0 amide bonds. The fraction of sp³-hybridized carbons (Fsp3) is 0.778. The van der Waals surface area contributed by atoms with Crippen LogP contribution in [0.4, 0.5) is 0 Å². The van der Waals surface area contributed by atoms with Crippen LogP contribution < -0.4 is 10.6 Å². The van der Waals surface area contributed by atoms with Gasteiger partial charge in [0.2, 0.25) is 0 Å². The molecule has 24 heavy (non-hydrogen) atoms. The van der Waals surface area contributed by atoms with Crippen LogP contribution in [0.15, 0.2) is 11.2 Å². The molecule has 0 aliphatic rings. The van der Waals surface area contributed by atoms with E-state index in [9.17, 15) is 0 Å². The van der Waals surface area contributed by atoms with Crippen molar-refractivity contribution in [2.24, 2.45) is 10.9 Å². The highest BCUT2D eigenvalue weighted by molar-refractivity contribution is 7.11. The van der Waals surface area contributed by atoms with Crippen LogP contribution in [-0.2, 0) is 17.6 Å². The zero-order valence-corrected chi connectivity index (χ0v) is 16.7. The second-order valence-corrected chi connectivity index (χ2v) is 7.24. The van der Waals surface area contributed by atoms with Crippen LogP contribution in [0.25, 0.3) is 0 Å². The first-order valence-corrected chi connectivity index (χ1v) is 9.99. The summed E-state index contributed by atoms with van der Waals surface area (Å²) in [4.78, 5) is 10.5. The minimum Gasteiger partial charge on any atom is -0.378 e. The lowest BCUT2D eigenvalue weighted by atomic mass is 10.0. The summed E-state index contributed by atoms with van der Waals surface area (Å²) in [5.74, 6) is 1.40. The molecule has 0 fully saturated rings. The molecular formula is C18H34N4OS. The van der Waals surface area contributed by atoms with Gasteiger partial charge in [0.25, 0.3) is 0 Å². The number of aliphatic imine (C=N–C) groups is 1. The average molecular weight is 355 g/mol. The Hall–Kier alpha value is -1.14. The quantitative estimate of drug-likeness (QED) is 0.473. The van der Waals surface area contributed by atoms with E-state index in [0.717, 1.165) is 51.5 Å². The summed E-state index contributed by atoms with van der Waals surface area (Å²) in [5, 5.41) is 7.88. The van der Waals surface area contributed by atoms with E-state index in [1.165, 1.54) is 9.88 Å². The second-order valence-electron chi connectivity index (χ2n) is 6.04. The van der Waals surface area contributed by atoms with Crippen LogP contribution >= 0.6 is 11.3 Å². The fourth-order valence-corrected chi connectivity index (χ4v) is 3.25. The first-order chi connectivity index (χ1) is 11.6. The van der Waals surface area contributed by atoms with Gasteiger partial charge in [-0.05, 0) is 32.6 Å². The van der Waals surface area contributed by atoms with Crippen molar-refractivity contribution in [3.63, 3.8) is 0 Å². The van der Waals surface area contributed by atoms with Crippen molar-refractivity contribution in [2.75, 3.05) is 26.2 Å². The molecule has 0 aliphatic heterocycles. The lowest BCUT2D eigenvalue weighted by Gasteiger charge is -2.20. The summed E-state index contributed by atoms with van der Waals surface area (Å²) in [6.07, 6.45) is 5.21. The van der Waals surface area contributed by atoms with Crippen LogP contribution in [0.1, 0.15) is 50.9 Å². The molecule has 0 radical (unpaired) electrons. The highest BCUT2D eigenvalue weighted by Gasteiger charge is 2.12. The van der Waals surface area contributed by atoms with E-state index >= 15 is 0 Å². The predicted molar refractivity (Wildman–Crippen MR) is 104 cm³/mol. The molecule has 2 N–H and O–H groups in total. The molecule has 6 heteroatoms. The van der Waals surface area contributed by atoms with Gasteiger partial charge >= 0.3 is 0 Å². The monoisotopic (exact) mass is 354 g/mol. The second kappa shape index (κ2) is 12.3. The standard InChI is InChI=1S/C18H34N4OS/c1-6-15-13-22-17(24-15)10-12-21-18(19-7-2)20-11-9-16(14(4)5)23-8-3/h13-14,16H,6-12H2,1-5H3,(H2,19,20,21). The van der Waals surface area contributed by atoms with E-state index in [1.54, 1.807) is 11.3 Å². The van der Waals surface area contributed by atoms with E-state index in [-0.39, 0.29) is 6.10 Å². The van der Waals surface area contributed by atoms with Gasteiger partial charge in [0.1, 0.15) is 0 Å². The molecule has 1 rings (SSSR count). The zero-order chi connectivity index (χ0) is 17.8. The van der Waals surface area contributed by atoms with Crippen LogP contribution in [0, 0.1) is 5.92 Å². The molecule has 138 valence electrons. The number of aromatic nitrogens is 1. The van der Waals surface area contributed by atoms with E-state index in [4.69, 9.17) is 4.74 Å². The minimum absolute atomic E-state index is 0.282. The number of ether oxygens (including phenoxy) is 1. The van der Waals surface area contributed by atoms with E-state index in [0.29, 0.717) is 5.92 Å². The largest absolute Gasteiger partial charge is 0.378 e. The van der Waals surface area contributed by atoms with Gasteiger partial charge in [-0.25, -0.2) is 4.98 Å². The van der Waals surface area contributed by atoms with Crippen molar-refractivity contribution >= 4 is 17.3 Å². The van der Waals surface area contributed by atoms with Gasteiger partial charge in [-0.15, -0.1) is 11.3 Å². The first-order valence-electron chi connectivity index (χ1n) is 9.17. The van der Waals surface area contributed by atoms with Crippen molar-refractivity contribution in [2.45, 2.75) is 60.0 Å². The third kappa shape index (κ3) is 8.11. The number of rotatable bonds is 11. The number of aryl methyl sites for hydroxylation is 1. The van der Waals surface area contributed by atoms with Crippen molar-refractivity contribution in [1.82, 2.24) is 15.6 Å². The summed E-state index contributed by atoms with van der Waals surface area (Å²) in [6.45, 7) is 13.9. The number of thiazole rings is 1. The van der Waals surface area contributed by atoms with E-state index in [2.05, 4.69) is 48.3 Å². The van der Waals surface area contributed by atoms with Gasteiger partial charge in [0.05, 0.1) is 11.1 Å². The molecule has 0 saturated heterocycles. The van der Waals surface area contributed by atoms with Gasteiger partial charge in [-0.3, -0.25) is 4.99 Å². The Morgan fingerprint density at radius 3 is 2.67 bits per heavy atom. The topological polar surface area (TPSA) is 58.5 Å². The fourth-order valence-electron chi connectivity index (χ4n) is 2.38. The van der Waals surface area contributed by atoms with Crippen LogP contribution in [0.5, 0.6) is 0 Å². The van der Waals surface area contributed by atoms with Crippen molar-refractivity contribution in [1.29, 1.82) is 0 Å². The summed E-state index contributed by atoms with van der Waals surface area (Å²) >= 11 is 1.80. The average Bonchev–Trinajstić information content (AvgIpc) is 3.02. The SMILES string of the molecule is CCNC(=NCCC(OCC)C(C)C)NCCc1ncc(CC)s1. The molecule has 1 aromatic rings. The molecule has 1 unspecified atom stereocenters. The maximum Gasteiger partial charge on any atom is 0.191 e. The highest BCUT2D eigenvalue weighted by atomic mass is 32.1. The molecule has 1 heterocycles. The summed E-state index contributed by atoms with van der Waals surface area (Å²) in [7, 11) is 0. The van der Waals surface area contributed by atoms with Gasteiger partial charge in [0.15, 0.2) is 5.96 Å². The number of nitrogens with one attached hydrogen (secondary N) is 2. The van der Waals surface area contributed by atoms with Gasteiger partial charge in [-0.2, -0.15) is 0 Å². The van der Waals surface area contributed by atoms with E-state index < -0.39 is 0 Å². The Kier molecular flexibility index (Phi) is 10.7. The molecule has 0 saturated carbocycles. The van der Waals surface area contributed by atoms with Crippen molar-refractivity contribution < 1.29 is 4.74 Å². The number of hydrogen-bond donors (Lipinski definition) is 2. The normalized spacial score (nSPS) is 13.3. The zero-order valence-electron chi connectivity index (χ0n) is 15.9. The summed E-state index contributed by atoms with van der Waals surface area (Å²) in [5.41, 5.74) is 0. The third-order valence-corrected chi connectivity index (χ3v) is 4.93. The number of nitrogens with zero attached hydrogens (tertiary/aromatic N) is 2. The van der Waals surface area contributed by atoms with Crippen LogP contribution in [-0.4, -0.2) is 43.3 Å².